The van der Waals surface area contributed by atoms with Gasteiger partial charge >= 0.3 is 0 Å². The van der Waals surface area contributed by atoms with Crippen LogP contribution in [0, 0.1) is 11.8 Å². The second-order valence-corrected chi connectivity index (χ2v) is 7.75. The minimum Gasteiger partial charge on any atom is -0.359 e. The minimum atomic E-state index is 0.154. The number of piperidine rings is 1. The molecule has 0 radical (unpaired) electrons. The third kappa shape index (κ3) is 8.08. The maximum absolute atomic E-state index is 11.6. The SMILES string of the molecule is CCNC(=NCC(CC(C)C)N(C)C)N1CCC(CC(=O)NC)CC1. The number of guanidine groups is 1. The largest absolute Gasteiger partial charge is 0.359 e. The van der Waals surface area contributed by atoms with E-state index in [2.05, 4.69) is 55.3 Å². The van der Waals surface area contributed by atoms with Gasteiger partial charge in [-0.2, -0.15) is 0 Å². The zero-order chi connectivity index (χ0) is 18.8. The van der Waals surface area contributed by atoms with Gasteiger partial charge in [0.1, 0.15) is 0 Å². The van der Waals surface area contributed by atoms with Crippen molar-refractivity contribution < 1.29 is 4.79 Å². The maximum Gasteiger partial charge on any atom is 0.220 e. The van der Waals surface area contributed by atoms with Crippen molar-refractivity contribution in [1.29, 1.82) is 0 Å². The Morgan fingerprint density at radius 3 is 2.40 bits per heavy atom. The highest BCUT2D eigenvalue weighted by Gasteiger charge is 2.23. The number of aliphatic imine (C=N–C) groups is 1. The predicted octanol–water partition coefficient (Wildman–Crippen LogP) is 1.78. The van der Waals surface area contributed by atoms with Gasteiger partial charge in [-0.15, -0.1) is 0 Å². The molecule has 1 heterocycles. The van der Waals surface area contributed by atoms with Gasteiger partial charge in [-0.1, -0.05) is 13.8 Å². The van der Waals surface area contributed by atoms with Gasteiger partial charge in [0, 0.05) is 39.1 Å². The van der Waals surface area contributed by atoms with Gasteiger partial charge in [-0.25, -0.2) is 0 Å². The normalized spacial score (nSPS) is 17.9. The molecule has 0 aromatic heterocycles. The second-order valence-electron chi connectivity index (χ2n) is 7.75. The van der Waals surface area contributed by atoms with Crippen LogP contribution in [-0.4, -0.2) is 75.0 Å². The van der Waals surface area contributed by atoms with Crippen molar-refractivity contribution in [3.8, 4) is 0 Å². The van der Waals surface area contributed by atoms with Crippen LogP contribution in [0.25, 0.3) is 0 Å². The minimum absolute atomic E-state index is 0.154. The van der Waals surface area contributed by atoms with E-state index in [-0.39, 0.29) is 5.91 Å². The highest BCUT2D eigenvalue weighted by molar-refractivity contribution is 5.80. The van der Waals surface area contributed by atoms with E-state index >= 15 is 0 Å². The Kier molecular flexibility index (Phi) is 9.86. The molecule has 0 aromatic rings. The summed E-state index contributed by atoms with van der Waals surface area (Å²) in [5.41, 5.74) is 0. The van der Waals surface area contributed by atoms with Crippen LogP contribution in [-0.2, 0) is 4.79 Å². The number of carbonyl (C=O) groups is 1. The Balaban J connectivity index is 2.62. The molecular formula is C19H39N5O. The molecule has 0 bridgehead atoms. The average molecular weight is 354 g/mol. The summed E-state index contributed by atoms with van der Waals surface area (Å²) in [5.74, 6) is 2.35. The van der Waals surface area contributed by atoms with Crippen molar-refractivity contribution in [1.82, 2.24) is 20.4 Å². The number of likely N-dealkylation sites (N-methyl/N-ethyl adjacent to an activating group) is 1. The molecule has 1 aliphatic rings. The van der Waals surface area contributed by atoms with Gasteiger partial charge in [-0.3, -0.25) is 9.79 Å². The van der Waals surface area contributed by atoms with E-state index in [4.69, 9.17) is 4.99 Å². The molecule has 0 saturated carbocycles. The second kappa shape index (κ2) is 11.3. The summed E-state index contributed by atoms with van der Waals surface area (Å²) in [6.07, 6.45) is 3.92. The van der Waals surface area contributed by atoms with E-state index in [0.29, 0.717) is 24.3 Å². The van der Waals surface area contributed by atoms with Crippen molar-refractivity contribution >= 4 is 11.9 Å². The molecule has 25 heavy (non-hydrogen) atoms. The van der Waals surface area contributed by atoms with Gasteiger partial charge in [0.2, 0.25) is 5.91 Å². The van der Waals surface area contributed by atoms with Gasteiger partial charge < -0.3 is 20.4 Å². The molecule has 1 unspecified atom stereocenters. The van der Waals surface area contributed by atoms with E-state index in [1.54, 1.807) is 7.05 Å². The Labute approximate surface area is 154 Å². The first kappa shape index (κ1) is 21.7. The van der Waals surface area contributed by atoms with Crippen LogP contribution in [0.5, 0.6) is 0 Å². The topological polar surface area (TPSA) is 60.0 Å². The van der Waals surface area contributed by atoms with Crippen LogP contribution in [0.4, 0.5) is 0 Å². The molecule has 0 spiro atoms. The molecule has 1 amide bonds. The van der Waals surface area contributed by atoms with Crippen LogP contribution >= 0.6 is 0 Å². The fourth-order valence-corrected chi connectivity index (χ4v) is 3.32. The number of hydrogen-bond acceptors (Lipinski definition) is 3. The highest BCUT2D eigenvalue weighted by atomic mass is 16.1. The number of likely N-dealkylation sites (tertiary alicyclic amines) is 1. The van der Waals surface area contributed by atoms with Crippen molar-refractivity contribution in [3.05, 3.63) is 0 Å². The number of nitrogens with zero attached hydrogens (tertiary/aromatic N) is 3. The quantitative estimate of drug-likeness (QED) is 0.516. The number of amides is 1. The van der Waals surface area contributed by atoms with Crippen LogP contribution in [0.1, 0.15) is 46.5 Å². The van der Waals surface area contributed by atoms with Crippen molar-refractivity contribution in [3.63, 3.8) is 0 Å². The Hall–Kier alpha value is -1.30. The lowest BCUT2D eigenvalue weighted by molar-refractivity contribution is -0.121. The molecule has 6 nitrogen and oxygen atoms in total. The molecular weight excluding hydrogens is 314 g/mol. The molecule has 146 valence electrons. The fourth-order valence-electron chi connectivity index (χ4n) is 3.32. The molecule has 1 fully saturated rings. The van der Waals surface area contributed by atoms with Crippen molar-refractivity contribution in [2.75, 3.05) is 47.3 Å². The smallest absolute Gasteiger partial charge is 0.220 e. The van der Waals surface area contributed by atoms with Gasteiger partial charge in [0.15, 0.2) is 5.96 Å². The first-order valence-corrected chi connectivity index (χ1v) is 9.77. The fraction of sp³-hybridized carbons (Fsp3) is 0.895. The summed E-state index contributed by atoms with van der Waals surface area (Å²) in [7, 11) is 5.99. The third-order valence-electron chi connectivity index (χ3n) is 4.93. The van der Waals surface area contributed by atoms with E-state index in [1.165, 1.54) is 0 Å². The zero-order valence-electron chi connectivity index (χ0n) is 17.1. The van der Waals surface area contributed by atoms with Crippen LogP contribution in [0.2, 0.25) is 0 Å². The van der Waals surface area contributed by atoms with Crippen LogP contribution in [0.3, 0.4) is 0 Å². The molecule has 0 aromatic carbocycles. The maximum atomic E-state index is 11.6. The van der Waals surface area contributed by atoms with Crippen LogP contribution in [0.15, 0.2) is 4.99 Å². The van der Waals surface area contributed by atoms with Crippen molar-refractivity contribution in [2.24, 2.45) is 16.8 Å². The van der Waals surface area contributed by atoms with E-state index < -0.39 is 0 Å². The number of rotatable bonds is 8. The van der Waals surface area contributed by atoms with E-state index in [9.17, 15) is 4.79 Å². The molecule has 1 saturated heterocycles. The summed E-state index contributed by atoms with van der Waals surface area (Å²) >= 11 is 0. The zero-order valence-corrected chi connectivity index (χ0v) is 17.1. The summed E-state index contributed by atoms with van der Waals surface area (Å²) in [6.45, 7) is 10.3. The highest BCUT2D eigenvalue weighted by Crippen LogP contribution is 2.20. The summed E-state index contributed by atoms with van der Waals surface area (Å²) in [6, 6.07) is 0.472. The van der Waals surface area contributed by atoms with E-state index in [1.807, 2.05) is 0 Å². The first-order chi connectivity index (χ1) is 11.9. The molecule has 1 rings (SSSR count). The van der Waals surface area contributed by atoms with Crippen molar-refractivity contribution in [2.45, 2.75) is 52.5 Å². The standard InChI is InChI=1S/C19H39N5O/c1-7-21-19(22-14-17(23(5)6)12-15(2)3)24-10-8-16(9-11-24)13-18(25)20-4/h15-17H,7-14H2,1-6H3,(H,20,25)(H,21,22). The number of nitrogens with one attached hydrogen (secondary N) is 2. The lowest BCUT2D eigenvalue weighted by Gasteiger charge is -2.34. The third-order valence-corrected chi connectivity index (χ3v) is 4.93. The molecule has 6 heteroatoms. The predicted molar refractivity (Wildman–Crippen MR) is 106 cm³/mol. The average Bonchev–Trinajstić information content (AvgIpc) is 2.57. The summed E-state index contributed by atoms with van der Waals surface area (Å²) in [4.78, 5) is 21.1. The molecule has 2 N–H and O–H groups in total. The van der Waals surface area contributed by atoms with Gasteiger partial charge in [0.05, 0.1) is 6.54 Å². The Bertz CT molecular complexity index is 414. The Morgan fingerprint density at radius 2 is 1.92 bits per heavy atom. The van der Waals surface area contributed by atoms with E-state index in [0.717, 1.165) is 51.4 Å². The summed E-state index contributed by atoms with van der Waals surface area (Å²) < 4.78 is 0. The van der Waals surface area contributed by atoms with Gasteiger partial charge in [0.25, 0.3) is 0 Å². The summed E-state index contributed by atoms with van der Waals surface area (Å²) in [5, 5.41) is 6.18. The molecule has 1 atom stereocenters. The number of hydrogen-bond donors (Lipinski definition) is 2. The number of carbonyl (C=O) groups excluding carboxylic acids is 1. The van der Waals surface area contributed by atoms with Crippen LogP contribution < -0.4 is 10.6 Å². The monoisotopic (exact) mass is 353 g/mol. The first-order valence-electron chi connectivity index (χ1n) is 9.77. The molecule has 1 aliphatic heterocycles. The Morgan fingerprint density at radius 1 is 1.28 bits per heavy atom. The molecule has 0 aliphatic carbocycles. The van der Waals surface area contributed by atoms with Gasteiger partial charge in [-0.05, 0) is 52.1 Å². The lowest BCUT2D eigenvalue weighted by atomic mass is 9.93. The lowest BCUT2D eigenvalue weighted by Crippen LogP contribution is -2.46.